The minimum absolute atomic E-state index is 0.0394. The number of amides is 1. The molecule has 0 radical (unpaired) electrons. The standard InChI is InChI=1S/C26H25F3N4O5S2/c1-35-7-9-37-21-12-19-20(13-22(21)38-10-8-36-2)30-15-31-24(19)40-25-33-18(14-39-25)11-23(34)32-17-5-3-16(4-6-17)26(27,28)29/h3-6,12-15H,7-11H2,1-2H3,(H,32,34). The highest BCUT2D eigenvalue weighted by Crippen LogP contribution is 2.38. The number of thiazole rings is 1. The van der Waals surface area contributed by atoms with E-state index < -0.39 is 17.6 Å². The quantitative estimate of drug-likeness (QED) is 0.159. The molecule has 14 heteroatoms. The van der Waals surface area contributed by atoms with E-state index in [0.29, 0.717) is 58.5 Å². The Kier molecular flexibility index (Phi) is 10.1. The second kappa shape index (κ2) is 13.7. The predicted molar refractivity (Wildman–Crippen MR) is 144 cm³/mol. The topological polar surface area (TPSA) is 105 Å². The molecule has 2 heterocycles. The van der Waals surface area contributed by atoms with E-state index in [1.807, 2.05) is 6.07 Å². The Morgan fingerprint density at radius 1 is 0.975 bits per heavy atom. The average Bonchev–Trinajstić information content (AvgIpc) is 3.35. The Bertz CT molecular complexity index is 1430. The number of hydrogen-bond donors (Lipinski definition) is 1. The van der Waals surface area contributed by atoms with Gasteiger partial charge in [0.1, 0.15) is 24.6 Å². The Balaban J connectivity index is 1.46. The number of carbonyl (C=O) groups is 1. The van der Waals surface area contributed by atoms with Crippen LogP contribution < -0.4 is 14.8 Å². The summed E-state index contributed by atoms with van der Waals surface area (Å²) in [6, 6.07) is 7.85. The largest absolute Gasteiger partial charge is 0.487 e. The summed E-state index contributed by atoms with van der Waals surface area (Å²) in [5.74, 6) is 0.635. The first-order chi connectivity index (χ1) is 19.3. The molecule has 0 aliphatic carbocycles. The zero-order valence-electron chi connectivity index (χ0n) is 21.5. The van der Waals surface area contributed by atoms with Gasteiger partial charge in [0, 0.05) is 36.7 Å². The molecule has 0 aliphatic rings. The lowest BCUT2D eigenvalue weighted by molar-refractivity contribution is -0.137. The molecule has 0 saturated carbocycles. The maximum Gasteiger partial charge on any atom is 0.416 e. The van der Waals surface area contributed by atoms with Crippen molar-refractivity contribution in [1.82, 2.24) is 15.0 Å². The first-order valence-electron chi connectivity index (χ1n) is 11.9. The van der Waals surface area contributed by atoms with Gasteiger partial charge in [-0.2, -0.15) is 13.2 Å². The van der Waals surface area contributed by atoms with Crippen LogP contribution in [-0.2, 0) is 26.9 Å². The van der Waals surface area contributed by atoms with Gasteiger partial charge in [-0.25, -0.2) is 15.0 Å². The molecule has 2 aromatic carbocycles. The van der Waals surface area contributed by atoms with E-state index in [4.69, 9.17) is 18.9 Å². The molecule has 0 fully saturated rings. The number of methoxy groups -OCH3 is 2. The number of benzene rings is 2. The van der Waals surface area contributed by atoms with Crippen LogP contribution in [-0.4, -0.2) is 61.5 Å². The molecule has 0 bridgehead atoms. The third-order valence-corrected chi connectivity index (χ3v) is 7.31. The van der Waals surface area contributed by atoms with Crippen molar-refractivity contribution in [2.45, 2.75) is 22.0 Å². The van der Waals surface area contributed by atoms with Crippen LogP contribution in [0.1, 0.15) is 11.3 Å². The molecule has 0 atom stereocenters. The van der Waals surface area contributed by atoms with Crippen LogP contribution in [0.5, 0.6) is 11.5 Å². The van der Waals surface area contributed by atoms with Gasteiger partial charge in [0.2, 0.25) is 5.91 Å². The molecular weight excluding hydrogens is 569 g/mol. The number of anilines is 1. The first kappa shape index (κ1) is 29.5. The molecule has 0 spiro atoms. The minimum atomic E-state index is -4.44. The lowest BCUT2D eigenvalue weighted by atomic mass is 10.2. The maximum absolute atomic E-state index is 12.7. The van der Waals surface area contributed by atoms with Crippen molar-refractivity contribution in [2.24, 2.45) is 0 Å². The van der Waals surface area contributed by atoms with Crippen LogP contribution in [0.2, 0.25) is 0 Å². The summed E-state index contributed by atoms with van der Waals surface area (Å²) in [5.41, 5.74) is 0.654. The number of hydrogen-bond acceptors (Lipinski definition) is 10. The van der Waals surface area contributed by atoms with Crippen LogP contribution in [0, 0.1) is 0 Å². The van der Waals surface area contributed by atoms with Gasteiger partial charge in [-0.05, 0) is 42.1 Å². The second-order valence-corrected chi connectivity index (χ2v) is 10.3. The van der Waals surface area contributed by atoms with E-state index in [1.165, 1.54) is 41.6 Å². The molecule has 0 unspecified atom stereocenters. The van der Waals surface area contributed by atoms with Gasteiger partial charge in [0.15, 0.2) is 15.8 Å². The summed E-state index contributed by atoms with van der Waals surface area (Å²) in [6.45, 7) is 1.47. The number of ether oxygens (including phenoxy) is 4. The molecule has 40 heavy (non-hydrogen) atoms. The van der Waals surface area contributed by atoms with Crippen LogP contribution >= 0.6 is 23.1 Å². The predicted octanol–water partition coefficient (Wildman–Crippen LogP) is 5.49. The molecule has 0 saturated heterocycles. The highest BCUT2D eigenvalue weighted by molar-refractivity contribution is 8.01. The summed E-state index contributed by atoms with van der Waals surface area (Å²) < 4.78 is 60.7. The number of nitrogens with zero attached hydrogens (tertiary/aromatic N) is 3. The van der Waals surface area contributed by atoms with Gasteiger partial charge < -0.3 is 24.3 Å². The summed E-state index contributed by atoms with van der Waals surface area (Å²) >= 11 is 2.66. The fraction of sp³-hybridized carbons (Fsp3) is 0.308. The van der Waals surface area contributed by atoms with Crippen molar-refractivity contribution in [3.05, 3.63) is 59.4 Å². The Morgan fingerprint density at radius 2 is 1.65 bits per heavy atom. The third kappa shape index (κ3) is 8.03. The Labute approximate surface area is 236 Å². The Hall–Kier alpha value is -3.46. The molecule has 2 aromatic heterocycles. The molecule has 212 valence electrons. The van der Waals surface area contributed by atoms with Crippen LogP contribution in [0.15, 0.2) is 57.5 Å². The number of halogens is 3. The number of aromatic nitrogens is 3. The highest BCUT2D eigenvalue weighted by atomic mass is 32.2. The van der Waals surface area contributed by atoms with E-state index in [-0.39, 0.29) is 12.1 Å². The van der Waals surface area contributed by atoms with Gasteiger partial charge in [-0.3, -0.25) is 4.79 Å². The second-order valence-electron chi connectivity index (χ2n) is 8.18. The highest BCUT2D eigenvalue weighted by Gasteiger charge is 2.30. The van der Waals surface area contributed by atoms with Crippen molar-refractivity contribution >= 4 is 45.6 Å². The van der Waals surface area contributed by atoms with Gasteiger partial charge >= 0.3 is 6.18 Å². The summed E-state index contributed by atoms with van der Waals surface area (Å²) in [6.07, 6.45) is -3.03. The Morgan fingerprint density at radius 3 is 2.30 bits per heavy atom. The SMILES string of the molecule is COCCOc1cc2ncnc(Sc3nc(CC(=O)Nc4ccc(C(F)(F)F)cc4)cs3)c2cc1OCCOC. The lowest BCUT2D eigenvalue weighted by Gasteiger charge is -2.14. The first-order valence-corrected chi connectivity index (χ1v) is 13.6. The van der Waals surface area contributed by atoms with Gasteiger partial charge in [0.05, 0.1) is 36.4 Å². The van der Waals surface area contributed by atoms with Gasteiger partial charge in [-0.15, -0.1) is 11.3 Å². The summed E-state index contributed by atoms with van der Waals surface area (Å²) in [5, 5.41) is 5.71. The zero-order valence-corrected chi connectivity index (χ0v) is 23.1. The maximum atomic E-state index is 12.7. The fourth-order valence-electron chi connectivity index (χ4n) is 3.43. The van der Waals surface area contributed by atoms with E-state index in [1.54, 1.807) is 25.7 Å². The molecule has 4 rings (SSSR count). The molecule has 0 aliphatic heterocycles. The molecule has 1 amide bonds. The van der Waals surface area contributed by atoms with Crippen molar-refractivity contribution in [3.8, 4) is 11.5 Å². The monoisotopic (exact) mass is 594 g/mol. The number of fused-ring (bicyclic) bond motifs is 1. The zero-order chi connectivity index (χ0) is 28.5. The van der Waals surface area contributed by atoms with Crippen molar-refractivity contribution in [2.75, 3.05) is 46.0 Å². The van der Waals surface area contributed by atoms with Gasteiger partial charge in [0.25, 0.3) is 0 Å². The van der Waals surface area contributed by atoms with Crippen molar-refractivity contribution < 1.29 is 36.9 Å². The van der Waals surface area contributed by atoms with Crippen molar-refractivity contribution in [1.29, 1.82) is 0 Å². The fourth-order valence-corrected chi connectivity index (χ4v) is 5.25. The number of carbonyl (C=O) groups excluding carboxylic acids is 1. The molecule has 1 N–H and O–H groups in total. The van der Waals surface area contributed by atoms with Crippen LogP contribution in [0.25, 0.3) is 10.9 Å². The van der Waals surface area contributed by atoms with E-state index in [0.717, 1.165) is 17.5 Å². The number of alkyl halides is 3. The summed E-state index contributed by atoms with van der Waals surface area (Å²) in [7, 11) is 3.18. The van der Waals surface area contributed by atoms with E-state index >= 15 is 0 Å². The minimum Gasteiger partial charge on any atom is -0.487 e. The third-order valence-electron chi connectivity index (χ3n) is 5.31. The molecule has 9 nitrogen and oxygen atoms in total. The normalized spacial score (nSPS) is 11.5. The lowest BCUT2D eigenvalue weighted by Crippen LogP contribution is -2.15. The van der Waals surface area contributed by atoms with E-state index in [2.05, 4.69) is 20.3 Å². The molecule has 4 aromatic rings. The van der Waals surface area contributed by atoms with Crippen LogP contribution in [0.4, 0.5) is 18.9 Å². The number of nitrogens with one attached hydrogen (secondary N) is 1. The number of rotatable bonds is 13. The van der Waals surface area contributed by atoms with Gasteiger partial charge in [-0.1, -0.05) is 0 Å². The average molecular weight is 595 g/mol. The molecular formula is C26H25F3N4O5S2. The smallest absolute Gasteiger partial charge is 0.416 e. The van der Waals surface area contributed by atoms with Crippen LogP contribution in [0.3, 0.4) is 0 Å². The van der Waals surface area contributed by atoms with Crippen molar-refractivity contribution in [3.63, 3.8) is 0 Å². The summed E-state index contributed by atoms with van der Waals surface area (Å²) in [4.78, 5) is 25.7. The van der Waals surface area contributed by atoms with E-state index in [9.17, 15) is 18.0 Å².